The summed E-state index contributed by atoms with van der Waals surface area (Å²) in [7, 11) is 0. The SMILES string of the molecule is O=C(O)c1ccc(COCc2ccc(Br)cc2)nc1. The summed E-state index contributed by atoms with van der Waals surface area (Å²) in [5, 5.41) is 8.75. The molecule has 0 unspecified atom stereocenters. The highest BCUT2D eigenvalue weighted by molar-refractivity contribution is 9.10. The maximum absolute atomic E-state index is 10.7. The van der Waals surface area contributed by atoms with E-state index in [1.165, 1.54) is 12.3 Å². The van der Waals surface area contributed by atoms with Gasteiger partial charge < -0.3 is 9.84 Å². The van der Waals surface area contributed by atoms with Gasteiger partial charge in [-0.05, 0) is 29.8 Å². The van der Waals surface area contributed by atoms with Crippen LogP contribution in [0.2, 0.25) is 0 Å². The monoisotopic (exact) mass is 321 g/mol. The maximum atomic E-state index is 10.7. The van der Waals surface area contributed by atoms with Crippen LogP contribution in [0.4, 0.5) is 0 Å². The number of aromatic nitrogens is 1. The van der Waals surface area contributed by atoms with Gasteiger partial charge in [0.05, 0.1) is 24.5 Å². The molecule has 1 aromatic heterocycles. The van der Waals surface area contributed by atoms with Crippen molar-refractivity contribution in [2.75, 3.05) is 0 Å². The smallest absolute Gasteiger partial charge is 0.337 e. The van der Waals surface area contributed by atoms with Crippen molar-refractivity contribution in [3.05, 3.63) is 63.9 Å². The molecule has 0 radical (unpaired) electrons. The summed E-state index contributed by atoms with van der Waals surface area (Å²) in [6.45, 7) is 0.853. The number of nitrogens with zero attached hydrogens (tertiary/aromatic N) is 1. The van der Waals surface area contributed by atoms with Gasteiger partial charge in [0.2, 0.25) is 0 Å². The first-order valence-electron chi connectivity index (χ1n) is 5.65. The molecular weight excluding hydrogens is 310 g/mol. The second kappa shape index (κ2) is 6.45. The number of hydrogen-bond donors (Lipinski definition) is 1. The van der Waals surface area contributed by atoms with E-state index >= 15 is 0 Å². The van der Waals surface area contributed by atoms with E-state index in [2.05, 4.69) is 20.9 Å². The summed E-state index contributed by atoms with van der Waals surface area (Å²) >= 11 is 3.37. The molecule has 0 aliphatic heterocycles. The van der Waals surface area contributed by atoms with Gasteiger partial charge in [-0.25, -0.2) is 4.79 Å². The predicted molar refractivity (Wildman–Crippen MR) is 73.8 cm³/mol. The fraction of sp³-hybridized carbons (Fsp3) is 0.143. The Kier molecular flexibility index (Phi) is 4.65. The Balaban J connectivity index is 1.85. The summed E-state index contributed by atoms with van der Waals surface area (Å²) < 4.78 is 6.55. The largest absolute Gasteiger partial charge is 0.478 e. The molecule has 0 saturated carbocycles. The number of carboxylic acid groups (broad SMARTS) is 1. The molecule has 0 fully saturated rings. The Labute approximate surface area is 119 Å². The molecule has 19 heavy (non-hydrogen) atoms. The third kappa shape index (κ3) is 4.15. The first-order chi connectivity index (χ1) is 9.15. The van der Waals surface area contributed by atoms with Crippen molar-refractivity contribution in [3.8, 4) is 0 Å². The van der Waals surface area contributed by atoms with Crippen LogP contribution in [0.15, 0.2) is 47.1 Å². The van der Waals surface area contributed by atoms with E-state index in [4.69, 9.17) is 9.84 Å². The number of pyridine rings is 1. The van der Waals surface area contributed by atoms with Crippen LogP contribution in [0.3, 0.4) is 0 Å². The van der Waals surface area contributed by atoms with Gasteiger partial charge in [-0.1, -0.05) is 28.1 Å². The lowest BCUT2D eigenvalue weighted by atomic mass is 10.2. The third-order valence-corrected chi connectivity index (χ3v) is 3.03. The lowest BCUT2D eigenvalue weighted by molar-refractivity contribution is 0.0696. The number of benzene rings is 1. The number of hydrogen-bond acceptors (Lipinski definition) is 3. The summed E-state index contributed by atoms with van der Waals surface area (Å²) in [6, 6.07) is 11.0. The van der Waals surface area contributed by atoms with Crippen LogP contribution < -0.4 is 0 Å². The fourth-order valence-electron chi connectivity index (χ4n) is 1.49. The zero-order valence-electron chi connectivity index (χ0n) is 10.0. The highest BCUT2D eigenvalue weighted by Crippen LogP contribution is 2.11. The van der Waals surface area contributed by atoms with Crippen molar-refractivity contribution in [1.82, 2.24) is 4.98 Å². The van der Waals surface area contributed by atoms with E-state index in [1.54, 1.807) is 6.07 Å². The average Bonchev–Trinajstić information content (AvgIpc) is 2.41. The minimum Gasteiger partial charge on any atom is -0.478 e. The van der Waals surface area contributed by atoms with Crippen molar-refractivity contribution in [2.45, 2.75) is 13.2 Å². The Morgan fingerprint density at radius 2 is 1.89 bits per heavy atom. The van der Waals surface area contributed by atoms with Crippen LogP contribution in [-0.4, -0.2) is 16.1 Å². The highest BCUT2D eigenvalue weighted by atomic mass is 79.9. The number of rotatable bonds is 5. The van der Waals surface area contributed by atoms with Crippen molar-refractivity contribution in [3.63, 3.8) is 0 Å². The summed E-state index contributed by atoms with van der Waals surface area (Å²) in [5.41, 5.74) is 1.96. The van der Waals surface area contributed by atoms with Gasteiger partial charge in [-0.15, -0.1) is 0 Å². The molecule has 0 aliphatic rings. The molecule has 4 nitrogen and oxygen atoms in total. The highest BCUT2D eigenvalue weighted by Gasteiger charge is 2.03. The Bertz CT molecular complexity index is 552. The summed E-state index contributed by atoms with van der Waals surface area (Å²) in [5.74, 6) is -0.977. The molecule has 1 N–H and O–H groups in total. The molecule has 2 aromatic rings. The second-order valence-electron chi connectivity index (χ2n) is 3.96. The maximum Gasteiger partial charge on any atom is 0.337 e. The van der Waals surface area contributed by atoms with E-state index in [9.17, 15) is 4.79 Å². The van der Waals surface area contributed by atoms with Gasteiger partial charge in [-0.2, -0.15) is 0 Å². The van der Waals surface area contributed by atoms with Crippen molar-refractivity contribution >= 4 is 21.9 Å². The standard InChI is InChI=1S/C14H12BrNO3/c15-12-4-1-10(2-5-12)8-19-9-13-6-3-11(7-16-13)14(17)18/h1-7H,8-9H2,(H,17,18). The van der Waals surface area contributed by atoms with Crippen LogP contribution in [0.5, 0.6) is 0 Å². The topological polar surface area (TPSA) is 59.4 Å². The third-order valence-electron chi connectivity index (χ3n) is 2.50. The lowest BCUT2D eigenvalue weighted by Gasteiger charge is -2.04. The first-order valence-corrected chi connectivity index (χ1v) is 6.45. The number of ether oxygens (including phenoxy) is 1. The van der Waals surface area contributed by atoms with Gasteiger partial charge in [-0.3, -0.25) is 4.98 Å². The van der Waals surface area contributed by atoms with Crippen molar-refractivity contribution in [1.29, 1.82) is 0 Å². The van der Waals surface area contributed by atoms with Crippen molar-refractivity contribution in [2.24, 2.45) is 0 Å². The second-order valence-corrected chi connectivity index (χ2v) is 4.88. The molecule has 1 aromatic carbocycles. The molecule has 0 amide bonds. The molecule has 0 atom stereocenters. The Morgan fingerprint density at radius 1 is 1.16 bits per heavy atom. The van der Waals surface area contributed by atoms with E-state index in [1.807, 2.05) is 24.3 Å². The summed E-state index contributed by atoms with van der Waals surface area (Å²) in [6.07, 6.45) is 1.33. The number of carbonyl (C=O) groups is 1. The van der Waals surface area contributed by atoms with Crippen LogP contribution in [-0.2, 0) is 18.0 Å². The molecule has 1 heterocycles. The van der Waals surface area contributed by atoms with Crippen LogP contribution >= 0.6 is 15.9 Å². The van der Waals surface area contributed by atoms with E-state index in [0.29, 0.717) is 18.9 Å². The molecule has 2 rings (SSSR count). The van der Waals surface area contributed by atoms with E-state index < -0.39 is 5.97 Å². The molecule has 0 bridgehead atoms. The lowest BCUT2D eigenvalue weighted by Crippen LogP contribution is -2.00. The zero-order valence-corrected chi connectivity index (χ0v) is 11.6. The molecule has 5 heteroatoms. The number of carboxylic acids is 1. The van der Waals surface area contributed by atoms with Gasteiger partial charge in [0.25, 0.3) is 0 Å². The average molecular weight is 322 g/mol. The van der Waals surface area contributed by atoms with Crippen LogP contribution in [0.25, 0.3) is 0 Å². The van der Waals surface area contributed by atoms with Gasteiger partial charge in [0, 0.05) is 10.7 Å². The minimum absolute atomic E-state index is 0.177. The zero-order chi connectivity index (χ0) is 13.7. The van der Waals surface area contributed by atoms with E-state index in [-0.39, 0.29) is 5.56 Å². The molecule has 0 aliphatic carbocycles. The van der Waals surface area contributed by atoms with Crippen LogP contribution in [0.1, 0.15) is 21.6 Å². The number of aromatic carboxylic acids is 1. The van der Waals surface area contributed by atoms with Crippen molar-refractivity contribution < 1.29 is 14.6 Å². The Morgan fingerprint density at radius 3 is 2.47 bits per heavy atom. The molecule has 0 saturated heterocycles. The molecule has 0 spiro atoms. The first kappa shape index (κ1) is 13.7. The van der Waals surface area contributed by atoms with E-state index in [0.717, 1.165) is 10.0 Å². The minimum atomic E-state index is -0.977. The van der Waals surface area contributed by atoms with Gasteiger partial charge in [0.1, 0.15) is 0 Å². The van der Waals surface area contributed by atoms with Gasteiger partial charge >= 0.3 is 5.97 Å². The number of halogens is 1. The molecule has 98 valence electrons. The summed E-state index contributed by atoms with van der Waals surface area (Å²) in [4.78, 5) is 14.7. The van der Waals surface area contributed by atoms with Crippen LogP contribution in [0, 0.1) is 0 Å². The quantitative estimate of drug-likeness (QED) is 0.918. The predicted octanol–water partition coefficient (Wildman–Crippen LogP) is 3.26. The van der Waals surface area contributed by atoms with Gasteiger partial charge in [0.15, 0.2) is 0 Å². The normalized spacial score (nSPS) is 10.4. The fourth-order valence-corrected chi connectivity index (χ4v) is 1.75. The Hall–Kier alpha value is -1.72. The molecular formula is C14H12BrNO3.